The lowest BCUT2D eigenvalue weighted by atomic mass is 9.87. The van der Waals surface area contributed by atoms with Crippen molar-refractivity contribution >= 4 is 5.97 Å². The normalized spacial score (nSPS) is 11.5. The zero-order chi connectivity index (χ0) is 17.0. The van der Waals surface area contributed by atoms with E-state index in [4.69, 9.17) is 9.84 Å². The lowest BCUT2D eigenvalue weighted by molar-refractivity contribution is 0.0689. The highest BCUT2D eigenvalue weighted by atomic mass is 16.5. The standard InChI is InChI=1S/C17H23N3O3/c1-12-15(16(21)22)18-19-20(12)10-5-11-23-14-8-6-13(7-9-14)17(2,3)4/h6-9H,5,10-11H2,1-4H3,(H,21,22). The zero-order valence-corrected chi connectivity index (χ0v) is 14.0. The average molecular weight is 317 g/mol. The molecule has 124 valence electrons. The smallest absolute Gasteiger partial charge is 0.358 e. The quantitative estimate of drug-likeness (QED) is 0.829. The van der Waals surface area contributed by atoms with Crippen molar-refractivity contribution < 1.29 is 14.6 Å². The summed E-state index contributed by atoms with van der Waals surface area (Å²) in [4.78, 5) is 10.9. The van der Waals surface area contributed by atoms with Crippen molar-refractivity contribution in [3.8, 4) is 5.75 Å². The number of benzene rings is 1. The summed E-state index contributed by atoms with van der Waals surface area (Å²) in [7, 11) is 0. The van der Waals surface area contributed by atoms with Gasteiger partial charge in [0.25, 0.3) is 0 Å². The van der Waals surface area contributed by atoms with E-state index in [9.17, 15) is 4.79 Å². The molecule has 0 atom stereocenters. The van der Waals surface area contributed by atoms with Crippen LogP contribution in [0.2, 0.25) is 0 Å². The fourth-order valence-electron chi connectivity index (χ4n) is 2.23. The molecule has 0 bridgehead atoms. The number of aromatic carboxylic acids is 1. The zero-order valence-electron chi connectivity index (χ0n) is 14.0. The van der Waals surface area contributed by atoms with Crippen LogP contribution in [0.3, 0.4) is 0 Å². The van der Waals surface area contributed by atoms with Crippen LogP contribution < -0.4 is 4.74 Å². The van der Waals surface area contributed by atoms with Gasteiger partial charge in [-0.1, -0.05) is 38.1 Å². The summed E-state index contributed by atoms with van der Waals surface area (Å²) in [5.41, 5.74) is 1.96. The first-order chi connectivity index (χ1) is 10.8. The molecule has 23 heavy (non-hydrogen) atoms. The summed E-state index contributed by atoms with van der Waals surface area (Å²) in [6, 6.07) is 8.11. The van der Waals surface area contributed by atoms with E-state index in [1.54, 1.807) is 11.6 Å². The summed E-state index contributed by atoms with van der Waals surface area (Å²) >= 11 is 0. The van der Waals surface area contributed by atoms with Gasteiger partial charge in [0.1, 0.15) is 5.75 Å². The van der Waals surface area contributed by atoms with Gasteiger partial charge in [-0.3, -0.25) is 0 Å². The molecule has 0 radical (unpaired) electrons. The van der Waals surface area contributed by atoms with Gasteiger partial charge in [0.05, 0.1) is 12.3 Å². The number of hydrogen-bond donors (Lipinski definition) is 1. The van der Waals surface area contributed by atoms with Gasteiger partial charge in [-0.25, -0.2) is 9.48 Å². The third-order valence-corrected chi connectivity index (χ3v) is 3.69. The first-order valence-electron chi connectivity index (χ1n) is 7.66. The molecule has 0 aliphatic rings. The van der Waals surface area contributed by atoms with Crippen molar-refractivity contribution in [2.45, 2.75) is 46.1 Å². The van der Waals surface area contributed by atoms with Crippen molar-refractivity contribution in [1.82, 2.24) is 15.0 Å². The van der Waals surface area contributed by atoms with Crippen molar-refractivity contribution in [3.63, 3.8) is 0 Å². The molecule has 1 heterocycles. The van der Waals surface area contributed by atoms with Gasteiger partial charge in [0.2, 0.25) is 0 Å². The lowest BCUT2D eigenvalue weighted by Gasteiger charge is -2.19. The summed E-state index contributed by atoms with van der Waals surface area (Å²) in [5.74, 6) is -0.219. The highest BCUT2D eigenvalue weighted by Gasteiger charge is 2.15. The van der Waals surface area contributed by atoms with Crippen LogP contribution in [0, 0.1) is 6.92 Å². The molecule has 1 aromatic heterocycles. The number of rotatable bonds is 6. The second-order valence-electron chi connectivity index (χ2n) is 6.53. The Morgan fingerprint density at radius 1 is 1.26 bits per heavy atom. The molecule has 2 rings (SSSR count). The van der Waals surface area contributed by atoms with Crippen molar-refractivity contribution in [2.24, 2.45) is 0 Å². The van der Waals surface area contributed by atoms with Gasteiger partial charge < -0.3 is 9.84 Å². The minimum absolute atomic E-state index is 0.00341. The summed E-state index contributed by atoms with van der Waals surface area (Å²) in [6.07, 6.45) is 0.726. The fraction of sp³-hybridized carbons (Fsp3) is 0.471. The number of carboxylic acids is 1. The molecule has 0 amide bonds. The van der Waals surface area contributed by atoms with Crippen molar-refractivity contribution in [2.75, 3.05) is 6.61 Å². The van der Waals surface area contributed by atoms with Gasteiger partial charge in [-0.2, -0.15) is 0 Å². The van der Waals surface area contributed by atoms with Gasteiger partial charge in [-0.05, 0) is 30.0 Å². The molecule has 0 fully saturated rings. The maximum Gasteiger partial charge on any atom is 0.358 e. The highest BCUT2D eigenvalue weighted by Crippen LogP contribution is 2.24. The molecule has 0 saturated carbocycles. The Hall–Kier alpha value is -2.37. The first kappa shape index (κ1) is 17.0. The van der Waals surface area contributed by atoms with E-state index in [2.05, 4.69) is 43.2 Å². The van der Waals surface area contributed by atoms with E-state index in [0.717, 1.165) is 12.2 Å². The van der Waals surface area contributed by atoms with Gasteiger partial charge in [0.15, 0.2) is 5.69 Å². The van der Waals surface area contributed by atoms with E-state index in [-0.39, 0.29) is 11.1 Å². The van der Waals surface area contributed by atoms with E-state index in [0.29, 0.717) is 18.8 Å². The van der Waals surface area contributed by atoms with E-state index >= 15 is 0 Å². The predicted octanol–water partition coefficient (Wildman–Crippen LogP) is 3.05. The minimum Gasteiger partial charge on any atom is -0.494 e. The molecular formula is C17H23N3O3. The number of carbonyl (C=O) groups is 1. The van der Waals surface area contributed by atoms with Gasteiger partial charge >= 0.3 is 5.97 Å². The second kappa shape index (κ2) is 6.81. The molecule has 0 saturated heterocycles. The maximum atomic E-state index is 10.9. The fourth-order valence-corrected chi connectivity index (χ4v) is 2.23. The topological polar surface area (TPSA) is 77.2 Å². The molecule has 0 unspecified atom stereocenters. The first-order valence-corrected chi connectivity index (χ1v) is 7.66. The van der Waals surface area contributed by atoms with Crippen molar-refractivity contribution in [1.29, 1.82) is 0 Å². The Balaban J connectivity index is 1.83. The average Bonchev–Trinajstić information content (AvgIpc) is 2.84. The van der Waals surface area contributed by atoms with Crippen LogP contribution in [0.5, 0.6) is 5.75 Å². The molecule has 6 nitrogen and oxygen atoms in total. The summed E-state index contributed by atoms with van der Waals surface area (Å²) in [6.45, 7) is 9.34. The van der Waals surface area contributed by atoms with Gasteiger partial charge in [-0.15, -0.1) is 5.10 Å². The highest BCUT2D eigenvalue weighted by molar-refractivity contribution is 5.86. The van der Waals surface area contributed by atoms with E-state index in [1.165, 1.54) is 5.56 Å². The molecule has 1 N–H and O–H groups in total. The van der Waals surface area contributed by atoms with E-state index in [1.807, 2.05) is 12.1 Å². The van der Waals surface area contributed by atoms with Crippen LogP contribution in [-0.4, -0.2) is 32.7 Å². The number of hydrogen-bond acceptors (Lipinski definition) is 4. The van der Waals surface area contributed by atoms with Crippen LogP contribution in [0.25, 0.3) is 0 Å². The van der Waals surface area contributed by atoms with E-state index < -0.39 is 5.97 Å². The maximum absolute atomic E-state index is 10.9. The summed E-state index contributed by atoms with van der Waals surface area (Å²) in [5, 5.41) is 16.4. The Morgan fingerprint density at radius 2 is 1.91 bits per heavy atom. The van der Waals surface area contributed by atoms with Gasteiger partial charge in [0, 0.05) is 13.0 Å². The number of nitrogens with zero attached hydrogens (tertiary/aromatic N) is 3. The molecule has 1 aromatic carbocycles. The monoisotopic (exact) mass is 317 g/mol. The Labute approximate surface area is 136 Å². The summed E-state index contributed by atoms with van der Waals surface area (Å²) < 4.78 is 7.30. The second-order valence-corrected chi connectivity index (χ2v) is 6.53. The minimum atomic E-state index is -1.05. The number of ether oxygens (including phenoxy) is 1. The molecule has 6 heteroatoms. The number of carboxylic acid groups (broad SMARTS) is 1. The van der Waals surface area contributed by atoms with Crippen LogP contribution in [0.1, 0.15) is 48.9 Å². The third kappa shape index (κ3) is 4.31. The lowest BCUT2D eigenvalue weighted by Crippen LogP contribution is -2.11. The molecule has 0 aliphatic heterocycles. The van der Waals surface area contributed by atoms with Crippen molar-refractivity contribution in [3.05, 3.63) is 41.2 Å². The molecule has 0 spiro atoms. The SMILES string of the molecule is Cc1c(C(=O)O)nnn1CCCOc1ccc(C(C)(C)C)cc1. The van der Waals surface area contributed by atoms with Crippen LogP contribution in [0.15, 0.2) is 24.3 Å². The molecular weight excluding hydrogens is 294 g/mol. The molecule has 0 aliphatic carbocycles. The van der Waals surface area contributed by atoms with Crippen LogP contribution >= 0.6 is 0 Å². The third-order valence-electron chi connectivity index (χ3n) is 3.69. The Bertz CT molecular complexity index is 669. The Morgan fingerprint density at radius 3 is 2.43 bits per heavy atom. The van der Waals surface area contributed by atoms with Crippen LogP contribution in [0.4, 0.5) is 0 Å². The largest absolute Gasteiger partial charge is 0.494 e. The molecule has 2 aromatic rings. The Kier molecular flexibility index (Phi) is 5.03. The number of aromatic nitrogens is 3. The predicted molar refractivity (Wildman–Crippen MR) is 87.0 cm³/mol. The number of aryl methyl sites for hydroxylation is 1. The van der Waals surface area contributed by atoms with Crippen LogP contribution in [-0.2, 0) is 12.0 Å².